The van der Waals surface area contributed by atoms with Gasteiger partial charge in [-0.25, -0.2) is 18.4 Å². The summed E-state index contributed by atoms with van der Waals surface area (Å²) in [4.78, 5) is 31.2. The molecule has 316 valence electrons. The first-order chi connectivity index (χ1) is 28.5. The first-order valence-corrected chi connectivity index (χ1v) is 21.9. The Hall–Kier alpha value is -4.61. The molecule has 17 heteroatoms. The molecule has 1 amide bonds. The Morgan fingerprint density at radius 3 is 2.48 bits per heavy atom. The van der Waals surface area contributed by atoms with Crippen LogP contribution >= 0.6 is 11.6 Å². The second kappa shape index (κ2) is 15.1. The van der Waals surface area contributed by atoms with Crippen LogP contribution in [0.1, 0.15) is 73.0 Å². The molecule has 12 nitrogen and oxygen atoms in total. The smallest absolute Gasteiger partial charge is 0.420 e. The maximum atomic E-state index is 15.0. The van der Waals surface area contributed by atoms with Gasteiger partial charge in [-0.2, -0.15) is 13.2 Å². The molecule has 4 aliphatic rings. The largest absolute Gasteiger partial charge is 0.480 e. The van der Waals surface area contributed by atoms with E-state index in [0.717, 1.165) is 12.1 Å². The lowest BCUT2D eigenvalue weighted by Gasteiger charge is -2.25. The molecule has 4 heterocycles. The van der Waals surface area contributed by atoms with Gasteiger partial charge >= 0.3 is 6.18 Å². The molecule has 1 saturated carbocycles. The Kier molecular flexibility index (Phi) is 10.3. The number of sulfonamides is 1. The predicted octanol–water partition coefficient (Wildman–Crippen LogP) is 7.48. The third-order valence-electron chi connectivity index (χ3n) is 12.8. The molecular formula is C43H44ClF3N6O6S. The van der Waals surface area contributed by atoms with E-state index in [-0.39, 0.29) is 41.6 Å². The standard InChI is InChI=1S/C43H44ClF3N6O6S/c1-23-26(29-8-5-9-30(37(29)44)33-19-48-34(41(50-33)58-3)22-52-16-13-25(54)21-52)6-4-7-27(23)40-49-32-18-31-28(36(38(32)59-40)43(45,46)47)10-11-35(31)53-17-12-24(20-53)39(55)51-60(56,57)42(2)14-15-42/h4-9,18-19,24-25,35,54H,10-17,20-22H2,1-3H3,(H,51,55)/t24-,25-,35-/m1/s1. The van der Waals surface area contributed by atoms with Gasteiger partial charge in [0.15, 0.2) is 5.58 Å². The quantitative estimate of drug-likeness (QED) is 0.144. The number of alkyl halides is 3. The summed E-state index contributed by atoms with van der Waals surface area (Å²) in [5.41, 5.74) is 3.83. The number of ether oxygens (including phenoxy) is 1. The van der Waals surface area contributed by atoms with Crippen LogP contribution < -0.4 is 9.46 Å². The number of β-amino-alcohol motifs (C(OH)–C–C–N with tert-alkyl or cyclic N) is 1. The van der Waals surface area contributed by atoms with Gasteiger partial charge < -0.3 is 14.3 Å². The van der Waals surface area contributed by atoms with E-state index in [1.54, 1.807) is 31.3 Å². The van der Waals surface area contributed by atoms with E-state index in [2.05, 4.69) is 19.6 Å². The summed E-state index contributed by atoms with van der Waals surface area (Å²) in [5.74, 6) is -0.788. The fraction of sp³-hybridized carbons (Fsp3) is 0.442. The second-order valence-corrected chi connectivity index (χ2v) is 19.2. The average Bonchev–Trinajstić information content (AvgIpc) is 3.65. The van der Waals surface area contributed by atoms with Crippen molar-refractivity contribution in [3.63, 3.8) is 0 Å². The minimum atomic E-state index is -4.73. The van der Waals surface area contributed by atoms with Crippen LogP contribution in [0, 0.1) is 12.8 Å². The van der Waals surface area contributed by atoms with E-state index in [0.29, 0.717) is 102 Å². The molecule has 3 fully saturated rings. The van der Waals surface area contributed by atoms with Gasteiger partial charge in [-0.05, 0) is 93.3 Å². The minimum absolute atomic E-state index is 0.0301. The van der Waals surface area contributed by atoms with Gasteiger partial charge in [0, 0.05) is 48.9 Å². The number of benzene rings is 3. The maximum Gasteiger partial charge on any atom is 0.420 e. The number of nitrogens with zero attached hydrogens (tertiary/aromatic N) is 5. The van der Waals surface area contributed by atoms with Crippen LogP contribution in [0.5, 0.6) is 5.88 Å². The van der Waals surface area contributed by atoms with E-state index >= 15 is 13.2 Å². The van der Waals surface area contributed by atoms with Crippen molar-refractivity contribution in [2.45, 2.75) is 82.0 Å². The van der Waals surface area contributed by atoms with Crippen LogP contribution in [0.4, 0.5) is 13.2 Å². The van der Waals surface area contributed by atoms with Gasteiger partial charge in [0.2, 0.25) is 27.7 Å². The first-order valence-electron chi connectivity index (χ1n) is 20.1. The lowest BCUT2D eigenvalue weighted by Crippen LogP contribution is -2.42. The highest BCUT2D eigenvalue weighted by Gasteiger charge is 2.52. The van der Waals surface area contributed by atoms with E-state index in [1.165, 1.54) is 7.11 Å². The fourth-order valence-corrected chi connectivity index (χ4v) is 10.7. The van der Waals surface area contributed by atoms with Gasteiger partial charge in [-0.1, -0.05) is 41.9 Å². The monoisotopic (exact) mass is 864 g/mol. The van der Waals surface area contributed by atoms with E-state index < -0.39 is 44.4 Å². The molecular weight excluding hydrogens is 821 g/mol. The van der Waals surface area contributed by atoms with Crippen LogP contribution in [0.25, 0.3) is 44.9 Å². The van der Waals surface area contributed by atoms with Gasteiger partial charge in [0.1, 0.15) is 16.8 Å². The highest BCUT2D eigenvalue weighted by atomic mass is 35.5. The van der Waals surface area contributed by atoms with Crippen LogP contribution in [-0.4, -0.2) is 88.3 Å². The molecule has 2 aromatic heterocycles. The number of fused-ring (bicyclic) bond motifs is 2. The van der Waals surface area contributed by atoms with Crippen molar-refractivity contribution in [1.29, 1.82) is 0 Å². The summed E-state index contributed by atoms with van der Waals surface area (Å²) in [7, 11) is -2.28. The SMILES string of the molecule is COc1nc(-c2cccc(-c3cccc(-c4nc5cc6c(c(C(F)(F)F)c5o4)CC[C@H]6N4CC[C@@H](C(=O)NS(=O)(=O)C5(C)CC5)C4)c3C)c2Cl)cnc1CN1CC[C@@H](O)C1. The number of carbonyl (C=O) groups is 1. The minimum Gasteiger partial charge on any atom is -0.480 e. The van der Waals surface area contributed by atoms with Crippen molar-refractivity contribution in [3.05, 3.63) is 81.6 Å². The van der Waals surface area contributed by atoms with Crippen molar-refractivity contribution in [2.24, 2.45) is 5.92 Å². The third-order valence-corrected chi connectivity index (χ3v) is 15.3. The molecule has 0 bridgehead atoms. The van der Waals surface area contributed by atoms with Gasteiger partial charge in [-0.15, -0.1) is 0 Å². The first kappa shape index (κ1) is 40.8. The van der Waals surface area contributed by atoms with Crippen molar-refractivity contribution in [2.75, 3.05) is 33.3 Å². The van der Waals surface area contributed by atoms with Crippen LogP contribution in [0.15, 0.2) is 53.1 Å². The number of methoxy groups -OCH3 is 1. The van der Waals surface area contributed by atoms with Crippen LogP contribution in [0.3, 0.4) is 0 Å². The zero-order valence-corrected chi connectivity index (χ0v) is 34.8. The highest BCUT2D eigenvalue weighted by molar-refractivity contribution is 7.91. The van der Waals surface area contributed by atoms with Gasteiger partial charge in [-0.3, -0.25) is 24.3 Å². The Bertz CT molecular complexity index is 2650. The van der Waals surface area contributed by atoms with Gasteiger partial charge in [0.25, 0.3) is 0 Å². The van der Waals surface area contributed by atoms with E-state index in [9.17, 15) is 18.3 Å². The molecule has 3 atom stereocenters. The fourth-order valence-electron chi connectivity index (χ4n) is 9.05. The molecule has 9 rings (SSSR count). The molecule has 5 aromatic rings. The van der Waals surface area contributed by atoms with Crippen LogP contribution in [-0.2, 0) is 34.0 Å². The number of aliphatic hydroxyl groups is 1. The summed E-state index contributed by atoms with van der Waals surface area (Å²) in [6.45, 7) is 5.89. The number of hydrogen-bond donors (Lipinski definition) is 2. The topological polar surface area (TPSA) is 151 Å². The summed E-state index contributed by atoms with van der Waals surface area (Å²) in [6.07, 6.45) is -0.815. The lowest BCUT2D eigenvalue weighted by molar-refractivity contribution is -0.137. The average molecular weight is 865 g/mol. The number of aliphatic hydroxyl groups excluding tert-OH is 1. The molecule has 3 aromatic carbocycles. The molecule has 2 aliphatic heterocycles. The number of amides is 1. The summed E-state index contributed by atoms with van der Waals surface area (Å²) in [5, 5.41) is 10.4. The van der Waals surface area contributed by atoms with Crippen molar-refractivity contribution >= 4 is 38.6 Å². The number of aromatic nitrogens is 3. The summed E-state index contributed by atoms with van der Waals surface area (Å²) in [6, 6.07) is 12.2. The predicted molar refractivity (Wildman–Crippen MR) is 219 cm³/mol. The Balaban J connectivity index is 1.01. The number of oxazole rings is 1. The number of hydrogen-bond acceptors (Lipinski definition) is 11. The van der Waals surface area contributed by atoms with Gasteiger partial charge in [0.05, 0.1) is 40.8 Å². The zero-order chi connectivity index (χ0) is 42.3. The molecule has 0 spiro atoms. The normalized spacial score (nSPS) is 21.8. The number of halogens is 4. The van der Waals surface area contributed by atoms with Crippen molar-refractivity contribution in [1.82, 2.24) is 29.5 Å². The maximum absolute atomic E-state index is 15.0. The summed E-state index contributed by atoms with van der Waals surface area (Å²) < 4.78 is 83.5. The number of rotatable bonds is 10. The third kappa shape index (κ3) is 7.23. The lowest BCUT2D eigenvalue weighted by atomic mass is 9.94. The van der Waals surface area contributed by atoms with Crippen molar-refractivity contribution < 1.29 is 40.6 Å². The molecule has 2 N–H and O–H groups in total. The number of nitrogens with one attached hydrogen (secondary N) is 1. The molecule has 60 heavy (non-hydrogen) atoms. The second-order valence-electron chi connectivity index (χ2n) is 16.7. The Morgan fingerprint density at radius 2 is 1.78 bits per heavy atom. The van der Waals surface area contributed by atoms with Crippen LogP contribution in [0.2, 0.25) is 5.02 Å². The number of carbonyl (C=O) groups excluding carboxylic acids is 1. The zero-order valence-electron chi connectivity index (χ0n) is 33.3. The number of likely N-dealkylation sites (tertiary alicyclic amines) is 2. The highest BCUT2D eigenvalue weighted by Crippen LogP contribution is 2.49. The molecule has 2 aliphatic carbocycles. The Labute approximate surface area is 350 Å². The molecule has 0 radical (unpaired) electrons. The van der Waals surface area contributed by atoms with E-state index in [4.69, 9.17) is 25.7 Å². The summed E-state index contributed by atoms with van der Waals surface area (Å²) >= 11 is 7.11. The van der Waals surface area contributed by atoms with E-state index in [1.807, 2.05) is 36.1 Å². The molecule has 2 saturated heterocycles. The van der Waals surface area contributed by atoms with Crippen molar-refractivity contribution in [3.8, 4) is 39.7 Å². The Morgan fingerprint density at radius 1 is 1.05 bits per heavy atom. The molecule has 0 unspecified atom stereocenters.